The van der Waals surface area contributed by atoms with E-state index in [9.17, 15) is 14.7 Å². The maximum atomic E-state index is 11.6. The van der Waals surface area contributed by atoms with Gasteiger partial charge in [-0.15, -0.1) is 0 Å². The SMILES string of the molecule is CCC(=O)c1cc(C)cc(NC(=O)C#N)c1O. The van der Waals surface area contributed by atoms with Crippen molar-refractivity contribution in [3.05, 3.63) is 23.3 Å². The zero-order chi connectivity index (χ0) is 13.0. The summed E-state index contributed by atoms with van der Waals surface area (Å²) in [5.41, 5.74) is 0.946. The summed E-state index contributed by atoms with van der Waals surface area (Å²) in [4.78, 5) is 22.5. The maximum absolute atomic E-state index is 11.6. The molecule has 0 aliphatic rings. The fourth-order valence-corrected chi connectivity index (χ4v) is 1.43. The van der Waals surface area contributed by atoms with Crippen LogP contribution in [-0.4, -0.2) is 16.8 Å². The first kappa shape index (κ1) is 12.7. The predicted molar refractivity (Wildman–Crippen MR) is 61.7 cm³/mol. The Balaban J connectivity index is 3.24. The third-order valence-corrected chi connectivity index (χ3v) is 2.23. The Kier molecular flexibility index (Phi) is 3.83. The normalized spacial score (nSPS) is 9.47. The molecule has 1 amide bonds. The predicted octanol–water partition coefficient (Wildman–Crippen LogP) is 1.76. The largest absolute Gasteiger partial charge is 0.505 e. The van der Waals surface area contributed by atoms with E-state index in [-0.39, 0.29) is 29.2 Å². The van der Waals surface area contributed by atoms with Gasteiger partial charge in [-0.3, -0.25) is 9.59 Å². The number of nitriles is 1. The van der Waals surface area contributed by atoms with Crippen LogP contribution in [0.5, 0.6) is 5.75 Å². The summed E-state index contributed by atoms with van der Waals surface area (Å²) in [5.74, 6) is -1.41. The van der Waals surface area contributed by atoms with Gasteiger partial charge in [0.05, 0.1) is 11.3 Å². The maximum Gasteiger partial charge on any atom is 0.326 e. The number of nitrogens with zero attached hydrogens (tertiary/aromatic N) is 1. The second-order valence-corrected chi connectivity index (χ2v) is 3.55. The number of anilines is 1. The van der Waals surface area contributed by atoms with Gasteiger partial charge < -0.3 is 10.4 Å². The second kappa shape index (κ2) is 5.12. The molecule has 0 heterocycles. The average Bonchev–Trinajstić information content (AvgIpc) is 2.32. The van der Waals surface area contributed by atoms with Crippen molar-refractivity contribution in [3.63, 3.8) is 0 Å². The highest BCUT2D eigenvalue weighted by molar-refractivity contribution is 6.06. The van der Waals surface area contributed by atoms with Gasteiger partial charge in [-0.1, -0.05) is 6.92 Å². The molecule has 0 fully saturated rings. The van der Waals surface area contributed by atoms with Crippen LogP contribution < -0.4 is 5.32 Å². The summed E-state index contributed by atoms with van der Waals surface area (Å²) in [6.07, 6.45) is 0.253. The van der Waals surface area contributed by atoms with Crippen LogP contribution in [0.3, 0.4) is 0 Å². The number of ketones is 1. The average molecular weight is 232 g/mol. The summed E-state index contributed by atoms with van der Waals surface area (Å²) < 4.78 is 0. The quantitative estimate of drug-likeness (QED) is 0.472. The minimum Gasteiger partial charge on any atom is -0.505 e. The molecule has 0 bridgehead atoms. The lowest BCUT2D eigenvalue weighted by molar-refractivity contribution is -0.111. The number of aromatic hydroxyl groups is 1. The van der Waals surface area contributed by atoms with Gasteiger partial charge in [0, 0.05) is 6.42 Å². The smallest absolute Gasteiger partial charge is 0.326 e. The molecule has 0 aliphatic heterocycles. The molecular weight excluding hydrogens is 220 g/mol. The number of phenols is 1. The molecule has 0 aliphatic carbocycles. The van der Waals surface area contributed by atoms with E-state index in [0.717, 1.165) is 0 Å². The van der Waals surface area contributed by atoms with E-state index in [1.165, 1.54) is 12.1 Å². The summed E-state index contributed by atoms with van der Waals surface area (Å²) in [5, 5.41) is 20.4. The first-order valence-corrected chi connectivity index (χ1v) is 5.07. The van der Waals surface area contributed by atoms with Crippen molar-refractivity contribution in [2.24, 2.45) is 0 Å². The molecule has 0 saturated carbocycles. The Hall–Kier alpha value is -2.35. The Morgan fingerprint density at radius 1 is 1.47 bits per heavy atom. The fourth-order valence-electron chi connectivity index (χ4n) is 1.43. The molecular formula is C12H12N2O3. The number of hydrogen-bond acceptors (Lipinski definition) is 4. The van der Waals surface area contributed by atoms with E-state index in [1.807, 2.05) is 0 Å². The van der Waals surface area contributed by atoms with Crippen molar-refractivity contribution in [2.75, 3.05) is 5.32 Å². The number of phenolic OH excluding ortho intramolecular Hbond substituents is 1. The summed E-state index contributed by atoms with van der Waals surface area (Å²) in [6.45, 7) is 3.41. The minimum atomic E-state index is -0.888. The summed E-state index contributed by atoms with van der Waals surface area (Å²) in [6, 6.07) is 4.42. The summed E-state index contributed by atoms with van der Waals surface area (Å²) >= 11 is 0. The third kappa shape index (κ3) is 2.82. The number of hydrogen-bond donors (Lipinski definition) is 2. The van der Waals surface area contributed by atoms with Crippen LogP contribution in [0.1, 0.15) is 29.3 Å². The van der Waals surface area contributed by atoms with Gasteiger partial charge in [0.1, 0.15) is 5.75 Å². The van der Waals surface area contributed by atoms with Crippen molar-refractivity contribution in [3.8, 4) is 11.8 Å². The Morgan fingerprint density at radius 2 is 2.12 bits per heavy atom. The molecule has 17 heavy (non-hydrogen) atoms. The zero-order valence-corrected chi connectivity index (χ0v) is 9.57. The Labute approximate surface area is 98.7 Å². The van der Waals surface area contributed by atoms with Gasteiger partial charge >= 0.3 is 5.91 Å². The molecule has 0 radical (unpaired) electrons. The standard InChI is InChI=1S/C12H12N2O3/c1-3-10(15)8-4-7(2)5-9(12(8)17)14-11(16)6-13/h4-5,17H,3H2,1-2H3,(H,14,16). The molecule has 1 aromatic carbocycles. The minimum absolute atomic E-state index is 0.0772. The zero-order valence-electron chi connectivity index (χ0n) is 9.57. The lowest BCUT2D eigenvalue weighted by atomic mass is 10.0. The molecule has 0 spiro atoms. The van der Waals surface area contributed by atoms with Crippen molar-refractivity contribution in [1.29, 1.82) is 5.26 Å². The van der Waals surface area contributed by atoms with Crippen LogP contribution in [-0.2, 0) is 4.79 Å². The lowest BCUT2D eigenvalue weighted by Crippen LogP contribution is -2.10. The van der Waals surface area contributed by atoms with E-state index >= 15 is 0 Å². The molecule has 0 unspecified atom stereocenters. The molecule has 1 aromatic rings. The highest BCUT2D eigenvalue weighted by Gasteiger charge is 2.15. The highest BCUT2D eigenvalue weighted by Crippen LogP contribution is 2.30. The Bertz CT molecular complexity index is 515. The topological polar surface area (TPSA) is 90.2 Å². The van der Waals surface area contributed by atoms with Crippen LogP contribution in [0.2, 0.25) is 0 Å². The van der Waals surface area contributed by atoms with Crippen molar-refractivity contribution < 1.29 is 14.7 Å². The number of carbonyl (C=O) groups is 2. The van der Waals surface area contributed by atoms with E-state index < -0.39 is 5.91 Å². The number of rotatable bonds is 3. The monoisotopic (exact) mass is 232 g/mol. The molecule has 5 heteroatoms. The lowest BCUT2D eigenvalue weighted by Gasteiger charge is -2.09. The van der Waals surface area contributed by atoms with E-state index in [0.29, 0.717) is 5.56 Å². The summed E-state index contributed by atoms with van der Waals surface area (Å²) in [7, 11) is 0. The van der Waals surface area contributed by atoms with E-state index in [2.05, 4.69) is 5.32 Å². The first-order chi connectivity index (χ1) is 7.99. The number of benzene rings is 1. The van der Waals surface area contributed by atoms with Crippen molar-refractivity contribution in [2.45, 2.75) is 20.3 Å². The van der Waals surface area contributed by atoms with Gasteiger partial charge in [-0.2, -0.15) is 5.26 Å². The van der Waals surface area contributed by atoms with Gasteiger partial charge in [-0.25, -0.2) is 0 Å². The van der Waals surface area contributed by atoms with E-state index in [4.69, 9.17) is 5.26 Å². The molecule has 0 atom stereocenters. The number of aryl methyl sites for hydroxylation is 1. The third-order valence-electron chi connectivity index (χ3n) is 2.23. The van der Waals surface area contributed by atoms with Crippen molar-refractivity contribution >= 4 is 17.4 Å². The van der Waals surface area contributed by atoms with Crippen LogP contribution >= 0.6 is 0 Å². The molecule has 0 aromatic heterocycles. The number of nitrogens with one attached hydrogen (secondary N) is 1. The number of amides is 1. The fraction of sp³-hybridized carbons (Fsp3) is 0.250. The number of Topliss-reactive ketones (excluding diaryl/α,β-unsaturated/α-hetero) is 1. The van der Waals surface area contributed by atoms with Crippen molar-refractivity contribution in [1.82, 2.24) is 0 Å². The van der Waals surface area contributed by atoms with E-state index in [1.54, 1.807) is 19.9 Å². The van der Waals surface area contributed by atoms with Gasteiger partial charge in [-0.05, 0) is 24.6 Å². The molecule has 88 valence electrons. The molecule has 5 nitrogen and oxygen atoms in total. The van der Waals surface area contributed by atoms with Crippen LogP contribution in [0.25, 0.3) is 0 Å². The highest BCUT2D eigenvalue weighted by atomic mass is 16.3. The van der Waals surface area contributed by atoms with Gasteiger partial charge in [0.15, 0.2) is 11.9 Å². The van der Waals surface area contributed by atoms with Crippen LogP contribution in [0, 0.1) is 18.3 Å². The van der Waals surface area contributed by atoms with Crippen LogP contribution in [0.4, 0.5) is 5.69 Å². The molecule has 2 N–H and O–H groups in total. The number of carbonyl (C=O) groups excluding carboxylic acids is 2. The Morgan fingerprint density at radius 3 is 2.65 bits per heavy atom. The first-order valence-electron chi connectivity index (χ1n) is 5.07. The van der Waals surface area contributed by atoms with Gasteiger partial charge in [0.25, 0.3) is 0 Å². The molecule has 0 saturated heterocycles. The molecule has 1 rings (SSSR count). The van der Waals surface area contributed by atoms with Gasteiger partial charge in [0.2, 0.25) is 0 Å². The van der Waals surface area contributed by atoms with Crippen LogP contribution in [0.15, 0.2) is 12.1 Å². The second-order valence-electron chi connectivity index (χ2n) is 3.55.